The Morgan fingerprint density at radius 3 is 2.79 bits per heavy atom. The monoisotopic (exact) mass is 218 g/mol. The van der Waals surface area contributed by atoms with Crippen LogP contribution in [-0.2, 0) is 15.6 Å². The number of hydrogen-bond acceptors (Lipinski definition) is 3. The topological polar surface area (TPSA) is 58.2 Å². The second-order valence-electron chi connectivity index (χ2n) is 3.81. The molecule has 0 aliphatic carbocycles. The smallest absolute Gasteiger partial charge is 0.224 e. The molecule has 0 radical (unpaired) electrons. The van der Waals surface area contributed by atoms with E-state index in [-0.39, 0.29) is 11.8 Å². The minimum absolute atomic E-state index is 0.0836. The Morgan fingerprint density at radius 2 is 2.29 bits per heavy atom. The first-order chi connectivity index (χ1) is 6.61. The van der Waals surface area contributed by atoms with Gasteiger partial charge in [0, 0.05) is 35.9 Å². The SMILES string of the molecule is C[C@@H]1CNC[C@H]1C(=O)NCCS(C)=O. The molecular weight excluding hydrogens is 200 g/mol. The molecule has 1 unspecified atom stereocenters. The van der Waals surface area contributed by atoms with Crippen molar-refractivity contribution in [3.8, 4) is 0 Å². The average molecular weight is 218 g/mol. The lowest BCUT2D eigenvalue weighted by Gasteiger charge is -2.13. The zero-order chi connectivity index (χ0) is 10.6. The minimum Gasteiger partial charge on any atom is -0.355 e. The second kappa shape index (κ2) is 5.46. The first-order valence-corrected chi connectivity index (χ1v) is 6.62. The van der Waals surface area contributed by atoms with Gasteiger partial charge in [-0.2, -0.15) is 0 Å². The summed E-state index contributed by atoms with van der Waals surface area (Å²) in [5.74, 6) is 1.12. The summed E-state index contributed by atoms with van der Waals surface area (Å²) in [6, 6.07) is 0. The molecule has 1 saturated heterocycles. The van der Waals surface area contributed by atoms with Gasteiger partial charge in [-0.3, -0.25) is 9.00 Å². The Hall–Kier alpha value is -0.420. The van der Waals surface area contributed by atoms with E-state index in [0.717, 1.165) is 13.1 Å². The molecule has 0 saturated carbocycles. The van der Waals surface area contributed by atoms with E-state index in [0.29, 0.717) is 18.2 Å². The normalized spacial score (nSPS) is 28.7. The fourth-order valence-electron chi connectivity index (χ4n) is 1.61. The Bertz CT molecular complexity index is 233. The standard InChI is InChI=1S/C9H18N2O2S/c1-7-5-10-6-8(7)9(12)11-3-4-14(2)13/h7-8,10H,3-6H2,1-2H3,(H,11,12)/t7-,8-,14?/m1/s1. The molecule has 1 aliphatic rings. The molecule has 0 aromatic rings. The van der Waals surface area contributed by atoms with E-state index in [1.165, 1.54) is 0 Å². The lowest BCUT2D eigenvalue weighted by molar-refractivity contribution is -0.125. The molecule has 1 heterocycles. The van der Waals surface area contributed by atoms with Crippen molar-refractivity contribution < 1.29 is 9.00 Å². The molecule has 0 aromatic heterocycles. The fraction of sp³-hybridized carbons (Fsp3) is 0.889. The molecule has 1 fully saturated rings. The molecule has 3 atom stereocenters. The van der Waals surface area contributed by atoms with Gasteiger partial charge >= 0.3 is 0 Å². The van der Waals surface area contributed by atoms with E-state index in [2.05, 4.69) is 17.6 Å². The van der Waals surface area contributed by atoms with E-state index in [1.807, 2.05) is 0 Å². The third-order valence-electron chi connectivity index (χ3n) is 2.54. The van der Waals surface area contributed by atoms with Crippen LogP contribution in [0.1, 0.15) is 6.92 Å². The molecule has 1 rings (SSSR count). The summed E-state index contributed by atoms with van der Waals surface area (Å²) in [7, 11) is -0.823. The Balaban J connectivity index is 2.24. The summed E-state index contributed by atoms with van der Waals surface area (Å²) < 4.78 is 10.8. The maximum Gasteiger partial charge on any atom is 0.224 e. The number of hydrogen-bond donors (Lipinski definition) is 2. The average Bonchev–Trinajstić information content (AvgIpc) is 2.50. The van der Waals surface area contributed by atoms with Crippen LogP contribution in [0.15, 0.2) is 0 Å². The van der Waals surface area contributed by atoms with Crippen LogP contribution in [0.4, 0.5) is 0 Å². The zero-order valence-corrected chi connectivity index (χ0v) is 9.52. The van der Waals surface area contributed by atoms with Gasteiger partial charge in [0.2, 0.25) is 5.91 Å². The largest absolute Gasteiger partial charge is 0.355 e. The quantitative estimate of drug-likeness (QED) is 0.658. The molecule has 0 aromatic carbocycles. The van der Waals surface area contributed by atoms with Crippen LogP contribution in [0, 0.1) is 11.8 Å². The second-order valence-corrected chi connectivity index (χ2v) is 5.37. The highest BCUT2D eigenvalue weighted by molar-refractivity contribution is 7.84. The summed E-state index contributed by atoms with van der Waals surface area (Å²) >= 11 is 0. The summed E-state index contributed by atoms with van der Waals surface area (Å²) in [6.07, 6.45) is 1.64. The summed E-state index contributed by atoms with van der Waals surface area (Å²) in [6.45, 7) is 4.27. The number of amides is 1. The highest BCUT2D eigenvalue weighted by Crippen LogP contribution is 2.15. The van der Waals surface area contributed by atoms with Crippen LogP contribution in [-0.4, -0.2) is 41.8 Å². The van der Waals surface area contributed by atoms with Gasteiger partial charge in [-0.1, -0.05) is 6.92 Å². The van der Waals surface area contributed by atoms with Crippen molar-refractivity contribution in [2.75, 3.05) is 31.6 Å². The first-order valence-electron chi connectivity index (χ1n) is 4.89. The van der Waals surface area contributed by atoms with Gasteiger partial charge in [-0.15, -0.1) is 0 Å². The van der Waals surface area contributed by atoms with Crippen molar-refractivity contribution in [1.29, 1.82) is 0 Å². The summed E-state index contributed by atoms with van der Waals surface area (Å²) in [5, 5.41) is 6.00. The van der Waals surface area contributed by atoms with Crippen LogP contribution in [0.2, 0.25) is 0 Å². The lowest BCUT2D eigenvalue weighted by atomic mass is 9.97. The third-order valence-corrected chi connectivity index (χ3v) is 3.32. The summed E-state index contributed by atoms with van der Waals surface area (Å²) in [4.78, 5) is 11.6. The van der Waals surface area contributed by atoms with Crippen LogP contribution in [0.25, 0.3) is 0 Å². The van der Waals surface area contributed by atoms with Gasteiger partial charge in [0.25, 0.3) is 0 Å². The fourth-order valence-corrected chi connectivity index (χ4v) is 2.00. The summed E-state index contributed by atoms with van der Waals surface area (Å²) in [5.41, 5.74) is 0. The Morgan fingerprint density at radius 1 is 1.57 bits per heavy atom. The van der Waals surface area contributed by atoms with E-state index >= 15 is 0 Å². The molecule has 5 heteroatoms. The molecule has 82 valence electrons. The van der Waals surface area contributed by atoms with E-state index in [9.17, 15) is 9.00 Å². The predicted octanol–water partition coefficient (Wildman–Crippen LogP) is -0.663. The number of nitrogens with one attached hydrogen (secondary N) is 2. The molecule has 0 spiro atoms. The third kappa shape index (κ3) is 3.38. The van der Waals surface area contributed by atoms with E-state index in [4.69, 9.17) is 0 Å². The number of carbonyl (C=O) groups is 1. The maximum absolute atomic E-state index is 11.6. The predicted molar refractivity (Wildman–Crippen MR) is 57.5 cm³/mol. The van der Waals surface area contributed by atoms with Crippen LogP contribution in [0.3, 0.4) is 0 Å². The van der Waals surface area contributed by atoms with Gasteiger partial charge in [0.1, 0.15) is 0 Å². The molecule has 2 N–H and O–H groups in total. The zero-order valence-electron chi connectivity index (χ0n) is 8.71. The Kier molecular flexibility index (Phi) is 4.54. The van der Waals surface area contributed by atoms with E-state index in [1.54, 1.807) is 6.26 Å². The number of rotatable bonds is 4. The van der Waals surface area contributed by atoms with Gasteiger partial charge in [0.05, 0.1) is 5.92 Å². The van der Waals surface area contributed by atoms with Gasteiger partial charge in [-0.25, -0.2) is 0 Å². The van der Waals surface area contributed by atoms with Gasteiger partial charge < -0.3 is 10.6 Å². The van der Waals surface area contributed by atoms with Crippen molar-refractivity contribution in [2.24, 2.45) is 11.8 Å². The van der Waals surface area contributed by atoms with Crippen molar-refractivity contribution in [2.45, 2.75) is 6.92 Å². The highest BCUT2D eigenvalue weighted by Gasteiger charge is 2.28. The van der Waals surface area contributed by atoms with Gasteiger partial charge in [0.15, 0.2) is 0 Å². The maximum atomic E-state index is 11.6. The first kappa shape index (κ1) is 11.7. The van der Waals surface area contributed by atoms with Crippen molar-refractivity contribution in [3.05, 3.63) is 0 Å². The van der Waals surface area contributed by atoms with Crippen LogP contribution in [0.5, 0.6) is 0 Å². The highest BCUT2D eigenvalue weighted by atomic mass is 32.2. The van der Waals surface area contributed by atoms with Crippen LogP contribution < -0.4 is 10.6 Å². The minimum atomic E-state index is -0.823. The molecule has 0 bridgehead atoms. The van der Waals surface area contributed by atoms with Crippen molar-refractivity contribution >= 4 is 16.7 Å². The molecule has 1 amide bonds. The molecular formula is C9H18N2O2S. The Labute approximate surface area is 87.3 Å². The van der Waals surface area contributed by atoms with Gasteiger partial charge in [-0.05, 0) is 12.5 Å². The van der Waals surface area contributed by atoms with Crippen molar-refractivity contribution in [3.63, 3.8) is 0 Å². The van der Waals surface area contributed by atoms with E-state index < -0.39 is 10.8 Å². The molecule has 14 heavy (non-hydrogen) atoms. The molecule has 1 aliphatic heterocycles. The number of carbonyl (C=O) groups excluding carboxylic acids is 1. The van der Waals surface area contributed by atoms with Crippen molar-refractivity contribution in [1.82, 2.24) is 10.6 Å². The lowest BCUT2D eigenvalue weighted by Crippen LogP contribution is -2.36. The van der Waals surface area contributed by atoms with Crippen LogP contribution >= 0.6 is 0 Å². The molecule has 4 nitrogen and oxygen atoms in total.